The molecule has 0 amide bonds. The zero-order chi connectivity index (χ0) is 9.14. The van der Waals surface area contributed by atoms with Gasteiger partial charge in [0.15, 0.2) is 0 Å². The van der Waals surface area contributed by atoms with Crippen molar-refractivity contribution in [1.29, 1.82) is 0 Å². The van der Waals surface area contributed by atoms with Crippen molar-refractivity contribution in [3.8, 4) is 0 Å². The van der Waals surface area contributed by atoms with E-state index in [1.165, 1.54) is 25.7 Å². The first kappa shape index (κ1) is 10.1. The lowest BCUT2D eigenvalue weighted by Gasteiger charge is -2.37. The van der Waals surface area contributed by atoms with Crippen molar-refractivity contribution >= 4 is 0 Å². The smallest absolute Gasteiger partial charge is 0.0360 e. The van der Waals surface area contributed by atoms with Crippen LogP contribution in [0, 0.1) is 23.7 Å². The second kappa shape index (κ2) is 4.30. The molecule has 72 valence electrons. The lowest BCUT2D eigenvalue weighted by atomic mass is 9.69. The van der Waals surface area contributed by atoms with Gasteiger partial charge in [0.1, 0.15) is 0 Å². The van der Waals surface area contributed by atoms with E-state index in [1.807, 2.05) is 0 Å². The molecule has 12 heavy (non-hydrogen) atoms. The van der Waals surface area contributed by atoms with E-state index in [-0.39, 0.29) is 0 Å². The second-order valence-corrected chi connectivity index (χ2v) is 5.23. The highest BCUT2D eigenvalue weighted by atomic mass is 14.3. The molecule has 0 N–H and O–H groups in total. The Labute approximate surface area is 77.7 Å². The molecule has 0 aromatic heterocycles. The summed E-state index contributed by atoms with van der Waals surface area (Å²) in [6.45, 7) is 9.50. The molecule has 0 heterocycles. The van der Waals surface area contributed by atoms with E-state index in [0.717, 1.165) is 23.7 Å². The van der Waals surface area contributed by atoms with E-state index in [1.54, 1.807) is 0 Å². The van der Waals surface area contributed by atoms with Crippen molar-refractivity contribution in [2.45, 2.75) is 53.4 Å². The summed E-state index contributed by atoms with van der Waals surface area (Å²) in [5.74, 6) is 3.88. The number of hydrogen-bond donors (Lipinski definition) is 0. The van der Waals surface area contributed by atoms with Gasteiger partial charge in [-0.15, -0.1) is 0 Å². The standard InChI is InChI=1S/C12H24/c1-9(2)8-12(10(3)4)11-6-5-7-11/h9-12H,5-8H2,1-4H3/t12-/m0/s1. The maximum Gasteiger partial charge on any atom is -0.0360 e. The molecule has 1 rings (SSSR count). The monoisotopic (exact) mass is 168 g/mol. The largest absolute Gasteiger partial charge is 0.0628 e. The Bertz CT molecular complexity index is 120. The summed E-state index contributed by atoms with van der Waals surface area (Å²) < 4.78 is 0. The van der Waals surface area contributed by atoms with Gasteiger partial charge in [-0.05, 0) is 30.1 Å². The van der Waals surface area contributed by atoms with E-state index < -0.39 is 0 Å². The van der Waals surface area contributed by atoms with Gasteiger partial charge in [-0.2, -0.15) is 0 Å². The zero-order valence-electron chi connectivity index (χ0n) is 9.14. The molecule has 0 nitrogen and oxygen atoms in total. The summed E-state index contributed by atoms with van der Waals surface area (Å²) in [4.78, 5) is 0. The minimum atomic E-state index is 0.887. The fraction of sp³-hybridized carbons (Fsp3) is 1.00. The summed E-state index contributed by atoms with van der Waals surface area (Å²) in [6.07, 6.45) is 5.96. The van der Waals surface area contributed by atoms with Gasteiger partial charge in [0, 0.05) is 0 Å². The summed E-state index contributed by atoms with van der Waals surface area (Å²) >= 11 is 0. The normalized spacial score (nSPS) is 21.5. The third kappa shape index (κ3) is 2.50. The van der Waals surface area contributed by atoms with Gasteiger partial charge in [-0.1, -0.05) is 47.0 Å². The lowest BCUT2D eigenvalue weighted by Crippen LogP contribution is -2.27. The Morgan fingerprint density at radius 1 is 1.08 bits per heavy atom. The Morgan fingerprint density at radius 3 is 1.92 bits per heavy atom. The van der Waals surface area contributed by atoms with Crippen LogP contribution in [-0.4, -0.2) is 0 Å². The molecule has 0 aliphatic heterocycles. The molecular weight excluding hydrogens is 144 g/mol. The molecule has 1 fully saturated rings. The summed E-state index contributed by atoms with van der Waals surface area (Å²) in [7, 11) is 0. The molecule has 0 spiro atoms. The Hall–Kier alpha value is 0. The molecule has 1 atom stereocenters. The van der Waals surface area contributed by atoms with Crippen LogP contribution in [0.2, 0.25) is 0 Å². The van der Waals surface area contributed by atoms with Gasteiger partial charge in [0.25, 0.3) is 0 Å². The van der Waals surface area contributed by atoms with Crippen LogP contribution in [0.4, 0.5) is 0 Å². The van der Waals surface area contributed by atoms with E-state index in [4.69, 9.17) is 0 Å². The predicted molar refractivity (Wildman–Crippen MR) is 55.1 cm³/mol. The predicted octanol–water partition coefficient (Wildman–Crippen LogP) is 4.10. The Morgan fingerprint density at radius 2 is 1.67 bits per heavy atom. The SMILES string of the molecule is CC(C)C[C@@H](C(C)C)C1CCC1. The maximum atomic E-state index is 2.39. The molecule has 0 radical (unpaired) electrons. The maximum absolute atomic E-state index is 2.39. The lowest BCUT2D eigenvalue weighted by molar-refractivity contribution is 0.136. The van der Waals surface area contributed by atoms with Crippen molar-refractivity contribution in [3.63, 3.8) is 0 Å². The van der Waals surface area contributed by atoms with Crippen LogP contribution in [0.1, 0.15) is 53.4 Å². The fourth-order valence-electron chi connectivity index (χ4n) is 2.42. The van der Waals surface area contributed by atoms with E-state index in [0.29, 0.717) is 0 Å². The van der Waals surface area contributed by atoms with Crippen LogP contribution in [-0.2, 0) is 0 Å². The van der Waals surface area contributed by atoms with E-state index >= 15 is 0 Å². The zero-order valence-corrected chi connectivity index (χ0v) is 9.14. The molecule has 1 aliphatic carbocycles. The van der Waals surface area contributed by atoms with Crippen LogP contribution >= 0.6 is 0 Å². The molecule has 1 aliphatic rings. The molecular formula is C12H24. The molecule has 1 saturated carbocycles. The van der Waals surface area contributed by atoms with Gasteiger partial charge in [0.05, 0.1) is 0 Å². The molecule has 0 heteroatoms. The number of rotatable bonds is 4. The van der Waals surface area contributed by atoms with Crippen molar-refractivity contribution in [2.24, 2.45) is 23.7 Å². The quantitative estimate of drug-likeness (QED) is 0.592. The first-order valence-electron chi connectivity index (χ1n) is 5.61. The molecule has 0 unspecified atom stereocenters. The van der Waals surface area contributed by atoms with Gasteiger partial charge >= 0.3 is 0 Å². The Balaban J connectivity index is 2.37. The third-order valence-corrected chi connectivity index (χ3v) is 3.36. The molecule has 0 saturated heterocycles. The Kier molecular flexibility index (Phi) is 3.61. The molecule has 0 bridgehead atoms. The first-order valence-corrected chi connectivity index (χ1v) is 5.61. The van der Waals surface area contributed by atoms with Crippen molar-refractivity contribution < 1.29 is 0 Å². The van der Waals surface area contributed by atoms with Gasteiger partial charge < -0.3 is 0 Å². The van der Waals surface area contributed by atoms with Gasteiger partial charge in [-0.3, -0.25) is 0 Å². The van der Waals surface area contributed by atoms with Gasteiger partial charge in [-0.25, -0.2) is 0 Å². The highest BCUT2D eigenvalue weighted by molar-refractivity contribution is 4.80. The van der Waals surface area contributed by atoms with E-state index in [9.17, 15) is 0 Å². The van der Waals surface area contributed by atoms with Crippen LogP contribution in [0.25, 0.3) is 0 Å². The van der Waals surface area contributed by atoms with Crippen LogP contribution in [0.5, 0.6) is 0 Å². The third-order valence-electron chi connectivity index (χ3n) is 3.36. The van der Waals surface area contributed by atoms with Crippen LogP contribution in [0.15, 0.2) is 0 Å². The number of hydrogen-bond acceptors (Lipinski definition) is 0. The second-order valence-electron chi connectivity index (χ2n) is 5.23. The van der Waals surface area contributed by atoms with Gasteiger partial charge in [0.2, 0.25) is 0 Å². The summed E-state index contributed by atoms with van der Waals surface area (Å²) in [5.41, 5.74) is 0. The van der Waals surface area contributed by atoms with Crippen molar-refractivity contribution in [3.05, 3.63) is 0 Å². The van der Waals surface area contributed by atoms with Crippen LogP contribution in [0.3, 0.4) is 0 Å². The average Bonchev–Trinajstić information content (AvgIpc) is 1.80. The summed E-state index contributed by atoms with van der Waals surface area (Å²) in [5, 5.41) is 0. The topological polar surface area (TPSA) is 0 Å². The minimum absolute atomic E-state index is 0.887. The fourth-order valence-corrected chi connectivity index (χ4v) is 2.42. The first-order chi connectivity index (χ1) is 5.61. The van der Waals surface area contributed by atoms with Crippen molar-refractivity contribution in [2.75, 3.05) is 0 Å². The van der Waals surface area contributed by atoms with Crippen LogP contribution < -0.4 is 0 Å². The minimum Gasteiger partial charge on any atom is -0.0628 e. The summed E-state index contributed by atoms with van der Waals surface area (Å²) in [6, 6.07) is 0. The molecule has 0 aromatic carbocycles. The highest BCUT2D eigenvalue weighted by Gasteiger charge is 2.29. The molecule has 0 aromatic rings. The van der Waals surface area contributed by atoms with E-state index in [2.05, 4.69) is 27.7 Å². The van der Waals surface area contributed by atoms with Crippen molar-refractivity contribution in [1.82, 2.24) is 0 Å². The average molecular weight is 168 g/mol. The highest BCUT2D eigenvalue weighted by Crippen LogP contribution is 2.40.